The van der Waals surface area contributed by atoms with Gasteiger partial charge in [-0.15, -0.1) is 11.3 Å². The van der Waals surface area contributed by atoms with Gasteiger partial charge < -0.3 is 15.5 Å². The molecule has 0 saturated heterocycles. The average molecular weight is 462 g/mol. The van der Waals surface area contributed by atoms with E-state index in [0.717, 1.165) is 12.0 Å². The van der Waals surface area contributed by atoms with Crippen molar-refractivity contribution in [3.05, 3.63) is 57.8 Å². The molecule has 6 heteroatoms. The number of nitrogens with zero attached hydrogens (tertiary/aromatic N) is 1. The molecule has 0 aliphatic rings. The molecule has 2 rings (SSSR count). The van der Waals surface area contributed by atoms with Crippen LogP contribution >= 0.6 is 11.3 Å². The summed E-state index contributed by atoms with van der Waals surface area (Å²) in [4.78, 5) is 27.0. The van der Waals surface area contributed by atoms with Crippen LogP contribution in [0.2, 0.25) is 0 Å². The van der Waals surface area contributed by atoms with Crippen molar-refractivity contribution in [3.8, 4) is 0 Å². The molecule has 3 amide bonds. The Balaban J connectivity index is 0.000000796. The molecule has 0 radical (unpaired) electrons. The third-order valence-electron chi connectivity index (χ3n) is 4.74. The molecule has 0 fully saturated rings. The first-order valence-corrected chi connectivity index (χ1v) is 12.4. The van der Waals surface area contributed by atoms with E-state index < -0.39 is 6.04 Å². The van der Waals surface area contributed by atoms with Gasteiger partial charge in [0.2, 0.25) is 5.91 Å². The largest absolute Gasteiger partial charge is 0.357 e. The lowest BCUT2D eigenvalue weighted by molar-refractivity contribution is -0.123. The molecular formula is C26H43N3O2S. The first-order valence-electron chi connectivity index (χ1n) is 11.5. The number of thiophene rings is 1. The van der Waals surface area contributed by atoms with Crippen molar-refractivity contribution >= 4 is 23.3 Å². The average Bonchev–Trinajstić information content (AvgIpc) is 3.27. The Kier molecular flexibility index (Phi) is 15.1. The Morgan fingerprint density at radius 1 is 1.03 bits per heavy atom. The minimum Gasteiger partial charge on any atom is -0.357 e. The maximum absolute atomic E-state index is 12.3. The van der Waals surface area contributed by atoms with Gasteiger partial charge in [-0.1, -0.05) is 78.8 Å². The van der Waals surface area contributed by atoms with Crippen LogP contribution in [0, 0.1) is 5.92 Å². The van der Waals surface area contributed by atoms with Crippen LogP contribution in [-0.4, -0.2) is 37.0 Å². The van der Waals surface area contributed by atoms with E-state index in [0.29, 0.717) is 12.5 Å². The summed E-state index contributed by atoms with van der Waals surface area (Å²) in [5.74, 6) is 0.358. The number of nitrogens with one attached hydrogen (secondary N) is 2. The number of hydrogen-bond acceptors (Lipinski definition) is 3. The summed E-state index contributed by atoms with van der Waals surface area (Å²) in [6, 6.07) is 11.8. The summed E-state index contributed by atoms with van der Waals surface area (Å²) in [6.07, 6.45) is 1.14. The van der Waals surface area contributed by atoms with Crippen molar-refractivity contribution < 1.29 is 9.59 Å². The summed E-state index contributed by atoms with van der Waals surface area (Å²) in [6.45, 7) is 14.8. The van der Waals surface area contributed by atoms with Gasteiger partial charge in [0.25, 0.3) is 0 Å². The Morgan fingerprint density at radius 3 is 2.03 bits per heavy atom. The molecule has 5 nitrogen and oxygen atoms in total. The molecule has 32 heavy (non-hydrogen) atoms. The predicted molar refractivity (Wildman–Crippen MR) is 138 cm³/mol. The van der Waals surface area contributed by atoms with Crippen LogP contribution in [0.15, 0.2) is 41.8 Å². The molecule has 0 spiro atoms. The number of amides is 3. The predicted octanol–water partition coefficient (Wildman–Crippen LogP) is 6.06. The summed E-state index contributed by atoms with van der Waals surface area (Å²) in [7, 11) is 3.32. The molecule has 0 aliphatic heterocycles. The summed E-state index contributed by atoms with van der Waals surface area (Å²) < 4.78 is 0. The fourth-order valence-corrected chi connectivity index (χ4v) is 3.69. The van der Waals surface area contributed by atoms with Gasteiger partial charge in [-0.25, -0.2) is 4.79 Å². The molecule has 1 aromatic heterocycles. The van der Waals surface area contributed by atoms with Crippen LogP contribution in [0.25, 0.3) is 0 Å². The second-order valence-electron chi connectivity index (χ2n) is 7.99. The summed E-state index contributed by atoms with van der Waals surface area (Å²) in [5, 5.41) is 7.46. The van der Waals surface area contributed by atoms with Gasteiger partial charge in [0, 0.05) is 25.5 Å². The monoisotopic (exact) mass is 461 g/mol. The maximum Gasteiger partial charge on any atom is 0.318 e. The quantitative estimate of drug-likeness (QED) is 0.526. The molecule has 1 unspecified atom stereocenters. The number of aryl methyl sites for hydroxylation is 1. The molecule has 1 atom stereocenters. The second-order valence-corrected chi connectivity index (χ2v) is 8.94. The molecule has 0 aliphatic carbocycles. The lowest BCUT2D eigenvalue weighted by Gasteiger charge is -2.24. The topological polar surface area (TPSA) is 61.4 Å². The van der Waals surface area contributed by atoms with Crippen molar-refractivity contribution in [2.45, 2.75) is 73.4 Å². The Bertz CT molecular complexity index is 772. The molecule has 180 valence electrons. The third-order valence-corrected chi connectivity index (χ3v) is 6.02. The Labute approximate surface area is 199 Å². The number of likely N-dealkylation sites (N-methyl/N-ethyl adjacent to an activating group) is 1. The highest BCUT2D eigenvalue weighted by Gasteiger charge is 2.24. The van der Waals surface area contributed by atoms with Crippen LogP contribution in [0.4, 0.5) is 4.79 Å². The van der Waals surface area contributed by atoms with Crippen molar-refractivity contribution in [1.82, 2.24) is 15.5 Å². The van der Waals surface area contributed by atoms with Crippen LogP contribution in [0.1, 0.15) is 70.4 Å². The lowest BCUT2D eigenvalue weighted by atomic mass is 10.0. The highest BCUT2D eigenvalue weighted by atomic mass is 32.1. The number of urea groups is 1. The van der Waals surface area contributed by atoms with Gasteiger partial charge in [0.05, 0.1) is 0 Å². The van der Waals surface area contributed by atoms with E-state index in [1.165, 1.54) is 10.4 Å². The van der Waals surface area contributed by atoms with Crippen LogP contribution < -0.4 is 10.6 Å². The zero-order valence-electron chi connectivity index (χ0n) is 21.4. The van der Waals surface area contributed by atoms with Gasteiger partial charge >= 0.3 is 6.03 Å². The molecular weight excluding hydrogens is 418 g/mol. The van der Waals surface area contributed by atoms with E-state index in [1.807, 2.05) is 33.8 Å². The smallest absolute Gasteiger partial charge is 0.318 e. The van der Waals surface area contributed by atoms with E-state index in [1.54, 1.807) is 30.3 Å². The number of carbonyl (C=O) groups excluding carboxylic acids is 2. The van der Waals surface area contributed by atoms with Crippen molar-refractivity contribution in [2.75, 3.05) is 14.1 Å². The standard InChI is InChI=1S/C16H27N3O2S.C8H10.C2H6/c1-10(2)13-7-12(9-22-13)8-19(6)16(21)18-14(11(3)4)15(20)17-5;1-2-8-6-4-3-5-7-8;1-2/h7,9-11,14H,8H2,1-6H3,(H,17,20)(H,18,21);3-7H,2H2,1H3;1-2H3. The Morgan fingerprint density at radius 2 is 1.62 bits per heavy atom. The highest BCUT2D eigenvalue weighted by molar-refractivity contribution is 7.10. The second kappa shape index (κ2) is 16.3. The zero-order valence-corrected chi connectivity index (χ0v) is 22.2. The Hall–Kier alpha value is -2.34. The molecule has 0 bridgehead atoms. The van der Waals surface area contributed by atoms with Crippen molar-refractivity contribution in [2.24, 2.45) is 5.92 Å². The molecule has 2 N–H and O–H groups in total. The van der Waals surface area contributed by atoms with Gasteiger partial charge in [-0.3, -0.25) is 4.79 Å². The van der Waals surface area contributed by atoms with Gasteiger partial charge in [0.1, 0.15) is 6.04 Å². The van der Waals surface area contributed by atoms with Gasteiger partial charge in [-0.2, -0.15) is 0 Å². The SMILES string of the molecule is CC.CCc1ccccc1.CNC(=O)C(NC(=O)N(C)Cc1csc(C(C)C)c1)C(C)C. The lowest BCUT2D eigenvalue weighted by Crippen LogP contribution is -2.52. The van der Waals surface area contributed by atoms with E-state index >= 15 is 0 Å². The van der Waals surface area contributed by atoms with E-state index in [-0.39, 0.29) is 17.9 Å². The fraction of sp³-hybridized carbons (Fsp3) is 0.538. The number of carbonyl (C=O) groups is 2. The minimum atomic E-state index is -0.520. The number of benzene rings is 1. The summed E-state index contributed by atoms with van der Waals surface area (Å²) in [5.41, 5.74) is 2.53. The molecule has 1 aromatic carbocycles. The maximum atomic E-state index is 12.3. The zero-order chi connectivity index (χ0) is 24.7. The highest BCUT2D eigenvalue weighted by Crippen LogP contribution is 2.23. The summed E-state index contributed by atoms with van der Waals surface area (Å²) >= 11 is 1.72. The van der Waals surface area contributed by atoms with E-state index in [9.17, 15) is 9.59 Å². The fourth-order valence-electron chi connectivity index (χ4n) is 2.77. The third kappa shape index (κ3) is 10.8. The van der Waals surface area contributed by atoms with Crippen LogP contribution in [0.3, 0.4) is 0 Å². The first kappa shape index (κ1) is 29.7. The molecule has 1 heterocycles. The number of rotatable bonds is 7. The van der Waals surface area contributed by atoms with Crippen molar-refractivity contribution in [3.63, 3.8) is 0 Å². The van der Waals surface area contributed by atoms with Gasteiger partial charge in [-0.05, 0) is 40.8 Å². The van der Waals surface area contributed by atoms with Crippen LogP contribution in [-0.2, 0) is 17.8 Å². The van der Waals surface area contributed by atoms with Crippen LogP contribution in [0.5, 0.6) is 0 Å². The van der Waals surface area contributed by atoms with Crippen molar-refractivity contribution in [1.29, 1.82) is 0 Å². The van der Waals surface area contributed by atoms with E-state index in [4.69, 9.17) is 0 Å². The molecule has 2 aromatic rings. The van der Waals surface area contributed by atoms with E-state index in [2.05, 4.69) is 67.1 Å². The first-order chi connectivity index (χ1) is 15.2. The molecule has 0 saturated carbocycles. The normalized spacial score (nSPS) is 11.0. The van der Waals surface area contributed by atoms with Gasteiger partial charge in [0.15, 0.2) is 0 Å². The number of hydrogen-bond donors (Lipinski definition) is 2. The minimum absolute atomic E-state index is 0.0333.